The number of hydrogen-bond acceptors (Lipinski definition) is 6. The maximum absolute atomic E-state index is 10.9. The number of anilines is 1. The number of hydrogen-bond donors (Lipinski definition) is 2. The fraction of sp³-hybridized carbons (Fsp3) is 0.538. The lowest BCUT2D eigenvalue weighted by molar-refractivity contribution is -0.384. The van der Waals surface area contributed by atoms with Gasteiger partial charge in [0, 0.05) is 25.7 Å². The van der Waals surface area contributed by atoms with Crippen molar-refractivity contribution >= 4 is 11.4 Å². The van der Waals surface area contributed by atoms with Gasteiger partial charge in [-0.15, -0.1) is 0 Å². The Labute approximate surface area is 118 Å². The Balaban J connectivity index is 2.07. The molecular weight excluding hydrogens is 258 g/mol. The minimum atomic E-state index is -0.431. The molecule has 1 aromatic carbocycles. The lowest BCUT2D eigenvalue weighted by atomic mass is 10.1. The fourth-order valence-electron chi connectivity index (χ4n) is 2.47. The number of nitro groups is 1. The molecule has 2 rings (SSSR count). The van der Waals surface area contributed by atoms with Crippen molar-refractivity contribution in [3.05, 3.63) is 33.9 Å². The fourth-order valence-corrected chi connectivity index (χ4v) is 2.47. The van der Waals surface area contributed by atoms with Crippen LogP contribution in [0.4, 0.5) is 11.4 Å². The van der Waals surface area contributed by atoms with E-state index in [1.807, 2.05) is 0 Å². The second-order valence-corrected chi connectivity index (χ2v) is 5.19. The molecule has 0 radical (unpaired) electrons. The van der Waals surface area contributed by atoms with Crippen LogP contribution in [0, 0.1) is 10.1 Å². The van der Waals surface area contributed by atoms with Crippen molar-refractivity contribution in [3.63, 3.8) is 0 Å². The van der Waals surface area contributed by atoms with Crippen molar-refractivity contribution in [1.29, 1.82) is 0 Å². The number of nitrogen functional groups attached to an aromatic ring is 1. The molecule has 0 bridgehead atoms. The van der Waals surface area contributed by atoms with Crippen molar-refractivity contribution in [2.75, 3.05) is 38.7 Å². The van der Waals surface area contributed by atoms with E-state index in [2.05, 4.69) is 22.3 Å². The van der Waals surface area contributed by atoms with Gasteiger partial charge in [-0.3, -0.25) is 20.9 Å². The minimum absolute atomic E-state index is 0.00634. The highest BCUT2D eigenvalue weighted by atomic mass is 16.6. The van der Waals surface area contributed by atoms with Gasteiger partial charge < -0.3 is 10.3 Å². The van der Waals surface area contributed by atoms with Gasteiger partial charge in [-0.05, 0) is 38.2 Å². The van der Waals surface area contributed by atoms with Gasteiger partial charge in [0.2, 0.25) is 0 Å². The van der Waals surface area contributed by atoms with Gasteiger partial charge in [-0.1, -0.05) is 6.07 Å². The van der Waals surface area contributed by atoms with Crippen LogP contribution in [0.1, 0.15) is 12.0 Å². The van der Waals surface area contributed by atoms with E-state index >= 15 is 0 Å². The Morgan fingerprint density at radius 1 is 1.35 bits per heavy atom. The van der Waals surface area contributed by atoms with Gasteiger partial charge in [0.25, 0.3) is 5.69 Å². The summed E-state index contributed by atoms with van der Waals surface area (Å²) >= 11 is 0. The Hall–Kier alpha value is -1.70. The predicted octanol–water partition coefficient (Wildman–Crippen LogP) is 1.02. The molecule has 7 nitrogen and oxygen atoms in total. The molecule has 0 aromatic heterocycles. The third kappa shape index (κ3) is 3.66. The molecule has 110 valence electrons. The first kappa shape index (κ1) is 14.7. The van der Waals surface area contributed by atoms with Crippen LogP contribution in [-0.4, -0.2) is 47.9 Å². The molecule has 0 aliphatic carbocycles. The summed E-state index contributed by atoms with van der Waals surface area (Å²) in [5.41, 5.74) is 3.81. The molecule has 7 heteroatoms. The maximum atomic E-state index is 10.9. The van der Waals surface area contributed by atoms with Crippen LogP contribution in [-0.2, 0) is 6.54 Å². The highest BCUT2D eigenvalue weighted by Crippen LogP contribution is 2.25. The molecule has 0 unspecified atom stereocenters. The van der Waals surface area contributed by atoms with E-state index in [9.17, 15) is 10.1 Å². The van der Waals surface area contributed by atoms with Gasteiger partial charge >= 0.3 is 0 Å². The van der Waals surface area contributed by atoms with Crippen LogP contribution in [0.15, 0.2) is 18.2 Å². The molecule has 1 fully saturated rings. The second-order valence-electron chi connectivity index (χ2n) is 5.19. The van der Waals surface area contributed by atoms with Crippen LogP contribution >= 0.6 is 0 Å². The summed E-state index contributed by atoms with van der Waals surface area (Å²) in [4.78, 5) is 15.1. The molecule has 0 spiro atoms. The van der Waals surface area contributed by atoms with Gasteiger partial charge in [0.05, 0.1) is 4.92 Å². The molecule has 1 aliphatic heterocycles. The van der Waals surface area contributed by atoms with Crippen molar-refractivity contribution in [1.82, 2.24) is 9.80 Å². The van der Waals surface area contributed by atoms with Crippen LogP contribution < -0.4 is 11.3 Å². The molecule has 0 atom stereocenters. The van der Waals surface area contributed by atoms with E-state index in [-0.39, 0.29) is 5.69 Å². The van der Waals surface area contributed by atoms with Crippen LogP contribution in [0.3, 0.4) is 0 Å². The Morgan fingerprint density at radius 2 is 2.15 bits per heavy atom. The molecular formula is C13H21N5O2. The zero-order valence-electron chi connectivity index (χ0n) is 11.7. The quantitative estimate of drug-likeness (QED) is 0.486. The summed E-state index contributed by atoms with van der Waals surface area (Å²) in [6.07, 6.45) is 1.14. The lowest BCUT2D eigenvalue weighted by Gasteiger charge is -2.20. The van der Waals surface area contributed by atoms with E-state index in [4.69, 9.17) is 5.84 Å². The largest absolute Gasteiger partial charge is 0.318 e. The summed E-state index contributed by atoms with van der Waals surface area (Å²) in [6, 6.07) is 5.06. The number of benzene rings is 1. The van der Waals surface area contributed by atoms with Crippen molar-refractivity contribution in [2.45, 2.75) is 13.0 Å². The molecule has 0 saturated carbocycles. The summed E-state index contributed by atoms with van der Waals surface area (Å²) in [5, 5.41) is 10.9. The Morgan fingerprint density at radius 3 is 2.85 bits per heavy atom. The monoisotopic (exact) mass is 279 g/mol. The molecule has 1 saturated heterocycles. The number of nitro benzene ring substituents is 1. The maximum Gasteiger partial charge on any atom is 0.293 e. The lowest BCUT2D eigenvalue weighted by Crippen LogP contribution is -2.28. The average molecular weight is 279 g/mol. The van der Waals surface area contributed by atoms with E-state index in [0.29, 0.717) is 5.69 Å². The third-order valence-electron chi connectivity index (χ3n) is 3.63. The van der Waals surface area contributed by atoms with Gasteiger partial charge in [-0.25, -0.2) is 0 Å². The van der Waals surface area contributed by atoms with Crippen LogP contribution in [0.5, 0.6) is 0 Å². The molecule has 0 amide bonds. The third-order valence-corrected chi connectivity index (χ3v) is 3.63. The molecule has 1 aliphatic rings. The number of rotatable bonds is 4. The zero-order chi connectivity index (χ0) is 14.5. The number of nitrogens with zero attached hydrogens (tertiary/aromatic N) is 3. The highest BCUT2D eigenvalue weighted by Gasteiger charge is 2.16. The first-order valence-corrected chi connectivity index (χ1v) is 6.75. The van der Waals surface area contributed by atoms with Gasteiger partial charge in [0.1, 0.15) is 5.69 Å². The minimum Gasteiger partial charge on any atom is -0.318 e. The topological polar surface area (TPSA) is 87.7 Å². The highest BCUT2D eigenvalue weighted by molar-refractivity contribution is 5.62. The average Bonchev–Trinajstić information content (AvgIpc) is 2.63. The van der Waals surface area contributed by atoms with Gasteiger partial charge in [-0.2, -0.15) is 0 Å². The zero-order valence-corrected chi connectivity index (χ0v) is 11.7. The first-order valence-electron chi connectivity index (χ1n) is 6.75. The van der Waals surface area contributed by atoms with Crippen molar-refractivity contribution in [3.8, 4) is 0 Å². The van der Waals surface area contributed by atoms with Crippen LogP contribution in [0.2, 0.25) is 0 Å². The van der Waals surface area contributed by atoms with E-state index < -0.39 is 4.92 Å². The van der Waals surface area contributed by atoms with Crippen molar-refractivity contribution in [2.24, 2.45) is 5.84 Å². The SMILES string of the molecule is CN1CCCN(Cc2ccc([N+](=O)[O-])c(NN)c2)CC1. The number of likely N-dealkylation sites (N-methyl/N-ethyl adjacent to an activating group) is 1. The Bertz CT molecular complexity index is 480. The first-order chi connectivity index (χ1) is 9.60. The van der Waals surface area contributed by atoms with Crippen LogP contribution in [0.25, 0.3) is 0 Å². The summed E-state index contributed by atoms with van der Waals surface area (Å²) in [5.74, 6) is 5.36. The second kappa shape index (κ2) is 6.65. The van der Waals surface area contributed by atoms with Gasteiger partial charge in [0.15, 0.2) is 0 Å². The normalized spacial score (nSPS) is 17.7. The predicted molar refractivity (Wildman–Crippen MR) is 78.3 cm³/mol. The molecule has 1 aromatic rings. The number of hydrazine groups is 1. The summed E-state index contributed by atoms with van der Waals surface area (Å²) in [7, 11) is 2.13. The standard InChI is InChI=1S/C13H21N5O2/c1-16-5-2-6-17(8-7-16)10-11-3-4-13(18(19)20)12(9-11)15-14/h3-4,9,15H,2,5-8,10,14H2,1H3. The Kier molecular flexibility index (Phi) is 4.89. The summed E-state index contributed by atoms with van der Waals surface area (Å²) in [6.45, 7) is 5.02. The molecule has 1 heterocycles. The summed E-state index contributed by atoms with van der Waals surface area (Å²) < 4.78 is 0. The van der Waals surface area contributed by atoms with E-state index in [0.717, 1.165) is 44.7 Å². The van der Waals surface area contributed by atoms with E-state index in [1.165, 1.54) is 6.07 Å². The smallest absolute Gasteiger partial charge is 0.293 e. The molecule has 20 heavy (non-hydrogen) atoms. The number of nitrogens with one attached hydrogen (secondary N) is 1. The van der Waals surface area contributed by atoms with Crippen molar-refractivity contribution < 1.29 is 4.92 Å². The molecule has 3 N–H and O–H groups in total. The number of nitrogens with two attached hydrogens (primary N) is 1. The van der Waals surface area contributed by atoms with E-state index in [1.54, 1.807) is 12.1 Å².